The van der Waals surface area contributed by atoms with Gasteiger partial charge in [0.1, 0.15) is 5.60 Å². The number of hydrogen-bond acceptors (Lipinski definition) is 5. The van der Waals surface area contributed by atoms with E-state index in [1.807, 2.05) is 0 Å². The fourth-order valence-corrected chi connectivity index (χ4v) is 3.23. The number of amides is 3. The van der Waals surface area contributed by atoms with Gasteiger partial charge >= 0.3 is 6.09 Å². The first-order valence-corrected chi connectivity index (χ1v) is 10.0. The van der Waals surface area contributed by atoms with Gasteiger partial charge in [0, 0.05) is 6.54 Å². The number of nitrogens with one attached hydrogen (secondary N) is 3. The average Bonchev–Trinajstić information content (AvgIpc) is 3.15. The van der Waals surface area contributed by atoms with Crippen molar-refractivity contribution in [3.8, 4) is 5.75 Å². The molecule has 0 spiro atoms. The minimum atomic E-state index is -1.03. The van der Waals surface area contributed by atoms with Crippen LogP contribution in [0.1, 0.15) is 53.4 Å². The fraction of sp³-hybridized carbons (Fsp3) is 0.571. The Labute approximate surface area is 175 Å². The van der Waals surface area contributed by atoms with Crippen molar-refractivity contribution in [2.45, 2.75) is 65.1 Å². The Hall–Kier alpha value is -2.84. The second-order valence-electron chi connectivity index (χ2n) is 8.48. The van der Waals surface area contributed by atoms with E-state index in [4.69, 9.17) is 9.47 Å². The molecule has 2 rings (SSSR count). The van der Waals surface area contributed by atoms with E-state index < -0.39 is 40.8 Å². The third kappa shape index (κ3) is 6.60. The van der Waals surface area contributed by atoms with Crippen molar-refractivity contribution in [2.75, 3.05) is 6.54 Å². The maximum atomic E-state index is 13.7. The molecule has 1 aromatic carbocycles. The number of hydrogen-bond donors (Lipinski definition) is 3. The van der Waals surface area contributed by atoms with Gasteiger partial charge in [-0.2, -0.15) is 0 Å². The number of carbonyl (C=O) groups is 3. The minimum absolute atomic E-state index is 0.0553. The summed E-state index contributed by atoms with van der Waals surface area (Å²) < 4.78 is 24.2. The number of halogens is 1. The Kier molecular flexibility index (Phi) is 7.64. The molecule has 0 radical (unpaired) electrons. The van der Waals surface area contributed by atoms with Crippen molar-refractivity contribution in [3.63, 3.8) is 0 Å². The lowest BCUT2D eigenvalue weighted by molar-refractivity contribution is -0.137. The minimum Gasteiger partial charge on any atom is -0.478 e. The summed E-state index contributed by atoms with van der Waals surface area (Å²) in [5.74, 6) is -1.66. The average molecular weight is 423 g/mol. The molecule has 3 N–H and O–H groups in total. The molecule has 1 aliphatic rings. The molecule has 9 heteroatoms. The summed E-state index contributed by atoms with van der Waals surface area (Å²) in [6.07, 6.45) is 1.20. The SMILES string of the molecule is C[C@H](Oc1ccccc1F)C(=O)NNC(=O)C1(CNC(=O)OC(C)(C)C)CCCC1. The van der Waals surface area contributed by atoms with Gasteiger partial charge < -0.3 is 14.8 Å². The molecule has 1 atom stereocenters. The van der Waals surface area contributed by atoms with Gasteiger partial charge in [-0.05, 0) is 52.7 Å². The third-order valence-electron chi connectivity index (χ3n) is 4.82. The van der Waals surface area contributed by atoms with Crippen LogP contribution < -0.4 is 20.9 Å². The number of carbonyl (C=O) groups excluding carboxylic acids is 3. The van der Waals surface area contributed by atoms with Gasteiger partial charge in [0.05, 0.1) is 5.41 Å². The van der Waals surface area contributed by atoms with Crippen LogP contribution in [0.3, 0.4) is 0 Å². The molecule has 30 heavy (non-hydrogen) atoms. The molecule has 8 nitrogen and oxygen atoms in total. The maximum Gasteiger partial charge on any atom is 0.407 e. The molecule has 166 valence electrons. The molecule has 1 aliphatic carbocycles. The molecule has 0 aliphatic heterocycles. The normalized spacial score (nSPS) is 16.3. The van der Waals surface area contributed by atoms with Crippen molar-refractivity contribution in [3.05, 3.63) is 30.1 Å². The molecular formula is C21H30FN3O5. The van der Waals surface area contributed by atoms with E-state index in [0.717, 1.165) is 12.8 Å². The summed E-state index contributed by atoms with van der Waals surface area (Å²) in [4.78, 5) is 37.0. The Morgan fingerprint density at radius 1 is 1.13 bits per heavy atom. The van der Waals surface area contributed by atoms with Crippen LogP contribution >= 0.6 is 0 Å². The van der Waals surface area contributed by atoms with E-state index in [2.05, 4.69) is 16.2 Å². The number of benzene rings is 1. The van der Waals surface area contributed by atoms with Crippen molar-refractivity contribution in [1.82, 2.24) is 16.2 Å². The lowest BCUT2D eigenvalue weighted by Crippen LogP contribution is -2.54. The van der Waals surface area contributed by atoms with Gasteiger partial charge in [-0.15, -0.1) is 0 Å². The van der Waals surface area contributed by atoms with Crippen LogP contribution in [0.4, 0.5) is 9.18 Å². The van der Waals surface area contributed by atoms with Crippen LogP contribution in [0.15, 0.2) is 24.3 Å². The molecule has 0 unspecified atom stereocenters. The quantitative estimate of drug-likeness (QED) is 0.610. The summed E-state index contributed by atoms with van der Waals surface area (Å²) in [6, 6.07) is 5.74. The molecule has 0 aromatic heterocycles. The smallest absolute Gasteiger partial charge is 0.407 e. The first-order valence-electron chi connectivity index (χ1n) is 10.0. The van der Waals surface area contributed by atoms with Crippen molar-refractivity contribution in [1.29, 1.82) is 0 Å². The molecule has 0 heterocycles. The van der Waals surface area contributed by atoms with Crippen LogP contribution in [0.25, 0.3) is 0 Å². The zero-order chi connectivity index (χ0) is 22.4. The Balaban J connectivity index is 1.89. The van der Waals surface area contributed by atoms with Crippen LogP contribution in [-0.2, 0) is 14.3 Å². The molecule has 1 saturated carbocycles. The largest absolute Gasteiger partial charge is 0.478 e. The van der Waals surface area contributed by atoms with Crippen molar-refractivity contribution in [2.24, 2.45) is 5.41 Å². The topological polar surface area (TPSA) is 106 Å². The van der Waals surface area contributed by atoms with E-state index in [-0.39, 0.29) is 12.3 Å². The first-order chi connectivity index (χ1) is 14.0. The molecule has 0 bridgehead atoms. The Morgan fingerprint density at radius 2 is 1.77 bits per heavy atom. The van der Waals surface area contributed by atoms with Gasteiger partial charge in [-0.3, -0.25) is 20.4 Å². The lowest BCUT2D eigenvalue weighted by Gasteiger charge is -2.29. The Bertz CT molecular complexity index is 772. The molecule has 1 aromatic rings. The zero-order valence-electron chi connectivity index (χ0n) is 17.8. The van der Waals surface area contributed by atoms with Crippen LogP contribution in [0.5, 0.6) is 5.75 Å². The maximum absolute atomic E-state index is 13.7. The lowest BCUT2D eigenvalue weighted by atomic mass is 9.85. The summed E-state index contributed by atoms with van der Waals surface area (Å²) in [7, 11) is 0. The van der Waals surface area contributed by atoms with E-state index in [1.54, 1.807) is 26.8 Å². The van der Waals surface area contributed by atoms with E-state index >= 15 is 0 Å². The van der Waals surface area contributed by atoms with Gasteiger partial charge in [0.2, 0.25) is 5.91 Å². The zero-order valence-corrected chi connectivity index (χ0v) is 17.8. The summed E-state index contributed by atoms with van der Waals surface area (Å²) in [5.41, 5.74) is 3.26. The number of alkyl carbamates (subject to hydrolysis) is 1. The van der Waals surface area contributed by atoms with Gasteiger partial charge in [0.25, 0.3) is 5.91 Å². The molecular weight excluding hydrogens is 393 g/mol. The third-order valence-corrected chi connectivity index (χ3v) is 4.82. The predicted octanol–water partition coefficient (Wildman–Crippen LogP) is 2.83. The van der Waals surface area contributed by atoms with Gasteiger partial charge in [0.15, 0.2) is 17.7 Å². The van der Waals surface area contributed by atoms with Crippen LogP contribution in [-0.4, -0.2) is 36.2 Å². The standard InChI is InChI=1S/C21H30FN3O5/c1-14(29-16-10-6-5-9-15(16)22)17(26)24-25-18(27)21(11-7-8-12-21)13-23-19(28)30-20(2,3)4/h5-6,9-10,14H,7-8,11-13H2,1-4H3,(H,23,28)(H,24,26)(H,25,27)/t14-/m0/s1. The van der Waals surface area contributed by atoms with Gasteiger partial charge in [-0.1, -0.05) is 25.0 Å². The monoisotopic (exact) mass is 423 g/mol. The first kappa shape index (κ1) is 23.4. The number of ether oxygens (including phenoxy) is 2. The second kappa shape index (κ2) is 9.77. The number of hydrazine groups is 1. The highest BCUT2D eigenvalue weighted by Crippen LogP contribution is 2.37. The predicted molar refractivity (Wildman–Crippen MR) is 108 cm³/mol. The van der Waals surface area contributed by atoms with E-state index in [9.17, 15) is 18.8 Å². The summed E-state index contributed by atoms with van der Waals surface area (Å²) in [5, 5.41) is 2.65. The Morgan fingerprint density at radius 3 is 2.37 bits per heavy atom. The van der Waals surface area contributed by atoms with E-state index in [0.29, 0.717) is 12.8 Å². The molecule has 3 amide bonds. The molecule has 0 saturated heterocycles. The fourth-order valence-electron chi connectivity index (χ4n) is 3.23. The highest BCUT2D eigenvalue weighted by Gasteiger charge is 2.42. The second-order valence-corrected chi connectivity index (χ2v) is 8.48. The van der Waals surface area contributed by atoms with Crippen molar-refractivity contribution >= 4 is 17.9 Å². The highest BCUT2D eigenvalue weighted by molar-refractivity contribution is 5.88. The van der Waals surface area contributed by atoms with Crippen LogP contribution in [0, 0.1) is 11.2 Å². The van der Waals surface area contributed by atoms with Crippen LogP contribution in [0.2, 0.25) is 0 Å². The highest BCUT2D eigenvalue weighted by atomic mass is 19.1. The van der Waals surface area contributed by atoms with E-state index in [1.165, 1.54) is 25.1 Å². The summed E-state index contributed by atoms with van der Waals surface area (Å²) in [6.45, 7) is 6.81. The summed E-state index contributed by atoms with van der Waals surface area (Å²) >= 11 is 0. The van der Waals surface area contributed by atoms with Crippen molar-refractivity contribution < 1.29 is 28.2 Å². The molecule has 1 fully saturated rings. The number of rotatable bonds is 6. The van der Waals surface area contributed by atoms with Gasteiger partial charge in [-0.25, -0.2) is 9.18 Å². The number of para-hydroxylation sites is 1.